The lowest BCUT2D eigenvalue weighted by molar-refractivity contribution is -0.384. The van der Waals surface area contributed by atoms with Crippen molar-refractivity contribution in [2.45, 2.75) is 25.7 Å². The maximum absolute atomic E-state index is 12.6. The summed E-state index contributed by atoms with van der Waals surface area (Å²) in [5, 5.41) is 18.4. The number of hydrogen-bond acceptors (Lipinski definition) is 11. The summed E-state index contributed by atoms with van der Waals surface area (Å²) in [7, 11) is 3.46. The van der Waals surface area contributed by atoms with Gasteiger partial charge in [0.05, 0.1) is 17.6 Å². The van der Waals surface area contributed by atoms with Gasteiger partial charge in [0.25, 0.3) is 0 Å². The number of aryl methyl sites for hydroxylation is 1. The van der Waals surface area contributed by atoms with Crippen LogP contribution in [0.3, 0.4) is 0 Å². The number of aromatic nitrogens is 2. The fourth-order valence-corrected chi connectivity index (χ4v) is 5.97. The highest BCUT2D eigenvalue weighted by Gasteiger charge is 2.28. The molecule has 2 N–H and O–H groups in total. The predicted molar refractivity (Wildman–Crippen MR) is 144 cm³/mol. The zero-order valence-corrected chi connectivity index (χ0v) is 21.6. The van der Waals surface area contributed by atoms with Gasteiger partial charge in [-0.05, 0) is 62.6 Å². The molecular formula is C25H29N7O4S. The van der Waals surface area contributed by atoms with E-state index in [4.69, 9.17) is 4.74 Å². The number of benzene rings is 1. The standard InChI is InChI=1S/C25H29N7O4S/c1-30-11-13-31(14-12-30)17-9-7-16(8-10-17)27-25-26-15-19(32(34)35)22(29-25)28-23-21(24(33)36-2)18-5-3-4-6-20(18)37-23/h7-10,15H,3-6,11-14H2,1-2H3,(H2,26,27,28,29). The van der Waals surface area contributed by atoms with Gasteiger partial charge in [-0.3, -0.25) is 10.1 Å². The molecule has 1 aromatic carbocycles. The van der Waals surface area contributed by atoms with Crippen LogP contribution in [0.5, 0.6) is 0 Å². The highest BCUT2D eigenvalue weighted by molar-refractivity contribution is 7.16. The molecule has 0 spiro atoms. The van der Waals surface area contributed by atoms with Crippen molar-refractivity contribution < 1.29 is 14.5 Å². The quantitative estimate of drug-likeness (QED) is 0.262. The zero-order chi connectivity index (χ0) is 25.9. The number of carbonyl (C=O) groups excluding carboxylic acids is 1. The molecule has 0 amide bonds. The molecule has 1 aliphatic carbocycles. The van der Waals surface area contributed by atoms with Gasteiger partial charge in [0.1, 0.15) is 11.2 Å². The van der Waals surface area contributed by atoms with E-state index in [0.29, 0.717) is 10.6 Å². The second-order valence-corrected chi connectivity index (χ2v) is 10.3. The number of hydrogen-bond donors (Lipinski definition) is 2. The Hall–Kier alpha value is -3.77. The van der Waals surface area contributed by atoms with Gasteiger partial charge in [-0.1, -0.05) is 0 Å². The third kappa shape index (κ3) is 5.35. The number of rotatable bonds is 7. The minimum absolute atomic E-state index is 0.0142. The Kier molecular flexibility index (Phi) is 7.19. The van der Waals surface area contributed by atoms with Crippen molar-refractivity contribution in [3.05, 3.63) is 56.6 Å². The summed E-state index contributed by atoms with van der Waals surface area (Å²) in [5.41, 5.74) is 3.02. The lowest BCUT2D eigenvalue weighted by Gasteiger charge is -2.34. The average molecular weight is 524 g/mol. The number of thiophene rings is 1. The molecule has 0 bridgehead atoms. The molecule has 37 heavy (non-hydrogen) atoms. The van der Waals surface area contributed by atoms with Gasteiger partial charge in [0.2, 0.25) is 11.8 Å². The maximum atomic E-state index is 12.6. The van der Waals surface area contributed by atoms with Crippen LogP contribution in [-0.4, -0.2) is 66.1 Å². The molecule has 5 rings (SSSR count). The summed E-state index contributed by atoms with van der Waals surface area (Å²) >= 11 is 1.42. The fourth-order valence-electron chi connectivity index (χ4n) is 4.69. The number of nitrogens with one attached hydrogen (secondary N) is 2. The zero-order valence-electron chi connectivity index (χ0n) is 20.8. The van der Waals surface area contributed by atoms with Crippen molar-refractivity contribution in [3.63, 3.8) is 0 Å². The van der Waals surface area contributed by atoms with Crippen LogP contribution >= 0.6 is 11.3 Å². The van der Waals surface area contributed by atoms with Crippen molar-refractivity contribution in [1.82, 2.24) is 14.9 Å². The number of esters is 1. The number of nitrogens with zero attached hydrogens (tertiary/aromatic N) is 5. The van der Waals surface area contributed by atoms with Gasteiger partial charge in [0.15, 0.2) is 0 Å². The van der Waals surface area contributed by atoms with Gasteiger partial charge in [0, 0.05) is 42.4 Å². The van der Waals surface area contributed by atoms with Crippen LogP contribution < -0.4 is 15.5 Å². The molecule has 11 nitrogen and oxygen atoms in total. The number of likely N-dealkylation sites (N-methyl/N-ethyl adjacent to an activating group) is 1. The van der Waals surface area contributed by atoms with Crippen molar-refractivity contribution in [3.8, 4) is 0 Å². The number of nitro groups is 1. The van der Waals surface area contributed by atoms with Crippen LogP contribution in [0.4, 0.5) is 33.8 Å². The predicted octanol–water partition coefficient (Wildman–Crippen LogP) is 4.35. The Balaban J connectivity index is 1.39. The van der Waals surface area contributed by atoms with Crippen LogP contribution in [-0.2, 0) is 17.6 Å². The molecule has 1 fully saturated rings. The maximum Gasteiger partial charge on any atom is 0.341 e. The molecule has 2 aliphatic rings. The third-order valence-corrected chi connectivity index (χ3v) is 7.96. The number of methoxy groups -OCH3 is 1. The van der Waals surface area contributed by atoms with E-state index in [1.807, 2.05) is 24.3 Å². The van der Waals surface area contributed by atoms with E-state index < -0.39 is 10.9 Å². The van der Waals surface area contributed by atoms with E-state index in [0.717, 1.165) is 73.7 Å². The van der Waals surface area contributed by atoms with Crippen molar-refractivity contribution in [2.24, 2.45) is 0 Å². The molecule has 0 radical (unpaired) electrons. The monoisotopic (exact) mass is 523 g/mol. The second kappa shape index (κ2) is 10.7. The Morgan fingerprint density at radius 3 is 2.54 bits per heavy atom. The highest BCUT2D eigenvalue weighted by Crippen LogP contribution is 2.41. The SMILES string of the molecule is COC(=O)c1c(Nc2nc(Nc3ccc(N4CCN(C)CC4)cc3)ncc2[N+](=O)[O-])sc2c1CCCC2. The first kappa shape index (κ1) is 24.9. The third-order valence-electron chi connectivity index (χ3n) is 6.75. The number of fused-ring (bicyclic) bond motifs is 1. The molecule has 0 atom stereocenters. The fraction of sp³-hybridized carbons (Fsp3) is 0.400. The molecule has 3 aromatic rings. The van der Waals surface area contributed by atoms with Crippen LogP contribution in [0.1, 0.15) is 33.6 Å². The number of piperazine rings is 1. The van der Waals surface area contributed by atoms with Crippen LogP contribution in [0.15, 0.2) is 30.5 Å². The second-order valence-electron chi connectivity index (χ2n) is 9.18. The molecule has 3 heterocycles. The molecular weight excluding hydrogens is 494 g/mol. The lowest BCUT2D eigenvalue weighted by Crippen LogP contribution is -2.44. The van der Waals surface area contributed by atoms with Crippen LogP contribution in [0.2, 0.25) is 0 Å². The van der Waals surface area contributed by atoms with E-state index in [-0.39, 0.29) is 17.5 Å². The van der Waals surface area contributed by atoms with Crippen LogP contribution in [0, 0.1) is 10.1 Å². The first-order valence-corrected chi connectivity index (χ1v) is 13.1. The van der Waals surface area contributed by atoms with Crippen molar-refractivity contribution in [1.29, 1.82) is 0 Å². The molecule has 194 valence electrons. The van der Waals surface area contributed by atoms with Gasteiger partial charge in [-0.2, -0.15) is 4.98 Å². The highest BCUT2D eigenvalue weighted by atomic mass is 32.1. The summed E-state index contributed by atoms with van der Waals surface area (Å²) in [6, 6.07) is 7.95. The van der Waals surface area contributed by atoms with E-state index in [1.54, 1.807) is 0 Å². The normalized spacial score (nSPS) is 15.7. The average Bonchev–Trinajstić information content (AvgIpc) is 3.27. The van der Waals surface area contributed by atoms with E-state index in [1.165, 1.54) is 24.6 Å². The summed E-state index contributed by atoms with van der Waals surface area (Å²) in [4.78, 5) is 38.1. The molecule has 1 aliphatic heterocycles. The Bertz CT molecular complexity index is 1300. The van der Waals surface area contributed by atoms with Gasteiger partial charge in [-0.15, -0.1) is 11.3 Å². The van der Waals surface area contributed by atoms with E-state index in [9.17, 15) is 14.9 Å². The first-order chi connectivity index (χ1) is 17.9. The summed E-state index contributed by atoms with van der Waals surface area (Å²) in [6.45, 7) is 4.00. The largest absolute Gasteiger partial charge is 0.465 e. The summed E-state index contributed by atoms with van der Waals surface area (Å²) in [5.74, 6) is -0.237. The van der Waals surface area contributed by atoms with Crippen molar-refractivity contribution >= 4 is 51.1 Å². The molecule has 12 heteroatoms. The van der Waals surface area contributed by atoms with Gasteiger partial charge >= 0.3 is 11.7 Å². The van der Waals surface area contributed by atoms with Crippen molar-refractivity contribution in [2.75, 3.05) is 55.9 Å². The van der Waals surface area contributed by atoms with Gasteiger partial charge < -0.3 is 25.2 Å². The summed E-state index contributed by atoms with van der Waals surface area (Å²) in [6.07, 6.45) is 4.85. The lowest BCUT2D eigenvalue weighted by atomic mass is 9.95. The molecule has 1 saturated heterocycles. The topological polar surface area (TPSA) is 126 Å². The molecule has 2 aromatic heterocycles. The smallest absolute Gasteiger partial charge is 0.341 e. The number of ether oxygens (including phenoxy) is 1. The number of carbonyl (C=O) groups is 1. The molecule has 0 saturated carbocycles. The Morgan fingerprint density at radius 2 is 1.84 bits per heavy atom. The summed E-state index contributed by atoms with van der Waals surface area (Å²) < 4.78 is 5.02. The minimum atomic E-state index is -0.539. The Morgan fingerprint density at radius 1 is 1.11 bits per heavy atom. The van der Waals surface area contributed by atoms with E-state index in [2.05, 4.69) is 37.4 Å². The van der Waals surface area contributed by atoms with Gasteiger partial charge in [-0.25, -0.2) is 9.78 Å². The number of anilines is 5. The molecule has 0 unspecified atom stereocenters. The van der Waals surface area contributed by atoms with Crippen LogP contribution in [0.25, 0.3) is 0 Å². The first-order valence-electron chi connectivity index (χ1n) is 12.2. The Labute approximate surface area is 218 Å². The minimum Gasteiger partial charge on any atom is -0.465 e. The van der Waals surface area contributed by atoms with E-state index >= 15 is 0 Å².